The van der Waals surface area contributed by atoms with Crippen LogP contribution < -0.4 is 36.5 Å². The van der Waals surface area contributed by atoms with Crippen molar-refractivity contribution in [2.45, 2.75) is 37.8 Å². The fraction of sp³-hybridized carbons (Fsp3) is 0.240. The van der Waals surface area contributed by atoms with Crippen LogP contribution in [0.5, 0.6) is 23.0 Å². The first-order chi connectivity index (χ1) is 36.1. The standard InChI is InChI=1S/C25H23F2N7O3.C22H21F2N7O2.C3H3ClO/c1-3-22(35)33-8-4-5-18(14-33)34-23-15(11-28-25(31-23)30-17-12-29-32(2)13-17)9-21(24(34)36)37-20-7-6-16(26)10-19(20)27;1-30-12-15(10-27-30)28-22-26-9-13-7-19(33-18-5-4-14(23)8-17(18)24)21(32)31(20(13)29-22)16-3-2-6-25-11-16;1-2-3(4)5/h3,6-7,9-13,18H,1,4-5,8,14H2,2H3,(H,28,30,31);4-5,7-10,12,16,25H,2-3,6,11H2,1H3,(H,26,28,29);2H,1H2/t18-;16-;/m11./s1. The molecule has 2 aliphatic heterocycles. The van der Waals surface area contributed by atoms with E-state index in [9.17, 15) is 36.7 Å². The van der Waals surface area contributed by atoms with E-state index in [0.717, 1.165) is 49.7 Å². The first kappa shape index (κ1) is 52.5. The number of carbonyl (C=O) groups is 2. The summed E-state index contributed by atoms with van der Waals surface area (Å²) in [7, 11) is 3.57. The molecule has 0 bridgehead atoms. The molecule has 2 atom stereocenters. The molecule has 8 heterocycles. The number of benzene rings is 2. The number of rotatable bonds is 12. The van der Waals surface area contributed by atoms with Gasteiger partial charge in [0, 0.05) is 81.4 Å². The van der Waals surface area contributed by atoms with Crippen molar-refractivity contribution in [2.75, 3.05) is 36.8 Å². The molecule has 0 aliphatic carbocycles. The van der Waals surface area contributed by atoms with Crippen LogP contribution >= 0.6 is 11.6 Å². The Hall–Kier alpha value is -8.77. The highest BCUT2D eigenvalue weighted by Gasteiger charge is 2.28. The molecule has 8 aromatic rings. The smallest absolute Gasteiger partial charge is 0.295 e. The summed E-state index contributed by atoms with van der Waals surface area (Å²) in [6.07, 6.45) is 15.0. The van der Waals surface area contributed by atoms with Gasteiger partial charge in [0.1, 0.15) is 22.9 Å². The number of likely N-dealkylation sites (tertiary alicyclic amines) is 1. The Kier molecular flexibility index (Phi) is 16.4. The van der Waals surface area contributed by atoms with Crippen LogP contribution in [0, 0.1) is 23.3 Å². The number of amides is 1. The number of fused-ring (bicyclic) bond motifs is 2. The summed E-state index contributed by atoms with van der Waals surface area (Å²) >= 11 is 4.71. The van der Waals surface area contributed by atoms with Gasteiger partial charge in [0.25, 0.3) is 11.1 Å². The molecule has 25 heteroatoms. The Morgan fingerprint density at radius 1 is 0.707 bits per heavy atom. The van der Waals surface area contributed by atoms with Crippen molar-refractivity contribution in [3.05, 3.63) is 155 Å². The van der Waals surface area contributed by atoms with Crippen molar-refractivity contribution >= 4 is 68.1 Å². The summed E-state index contributed by atoms with van der Waals surface area (Å²) in [4.78, 5) is 68.4. The zero-order chi connectivity index (χ0) is 53.3. The van der Waals surface area contributed by atoms with E-state index in [1.54, 1.807) is 63.9 Å². The van der Waals surface area contributed by atoms with Gasteiger partial charge in [0.2, 0.25) is 23.0 Å². The summed E-state index contributed by atoms with van der Waals surface area (Å²) < 4.78 is 72.6. The van der Waals surface area contributed by atoms with Crippen LogP contribution in [0.25, 0.3) is 22.1 Å². The highest BCUT2D eigenvalue weighted by Crippen LogP contribution is 2.31. The molecule has 388 valence electrons. The van der Waals surface area contributed by atoms with Crippen molar-refractivity contribution < 1.29 is 36.6 Å². The first-order valence-electron chi connectivity index (χ1n) is 23.1. The van der Waals surface area contributed by atoms with Crippen molar-refractivity contribution in [1.82, 2.24) is 58.8 Å². The van der Waals surface area contributed by atoms with E-state index in [1.807, 2.05) is 0 Å². The van der Waals surface area contributed by atoms with Gasteiger partial charge in [-0.25, -0.2) is 27.5 Å². The molecular weight excluding hydrogens is 1000 g/mol. The van der Waals surface area contributed by atoms with Crippen LogP contribution in [-0.4, -0.2) is 90.9 Å². The molecular formula is C50H47ClF4N14O6. The minimum atomic E-state index is -0.946. The molecule has 20 nitrogen and oxygen atoms in total. The van der Waals surface area contributed by atoms with Gasteiger partial charge in [-0.05, 0) is 92.4 Å². The summed E-state index contributed by atoms with van der Waals surface area (Å²) in [5, 5.41) is 18.1. The van der Waals surface area contributed by atoms with E-state index in [4.69, 9.17) is 21.1 Å². The van der Waals surface area contributed by atoms with Gasteiger partial charge in [0.15, 0.2) is 34.6 Å². The van der Waals surface area contributed by atoms with Crippen LogP contribution in [0.4, 0.5) is 40.8 Å². The van der Waals surface area contributed by atoms with Gasteiger partial charge >= 0.3 is 0 Å². The van der Waals surface area contributed by atoms with E-state index < -0.39 is 45.7 Å². The lowest BCUT2D eigenvalue weighted by Gasteiger charge is -2.33. The number of allylic oxidation sites excluding steroid dienone is 1. The summed E-state index contributed by atoms with van der Waals surface area (Å²) in [6, 6.07) is 8.04. The van der Waals surface area contributed by atoms with Gasteiger partial charge in [-0.2, -0.15) is 20.2 Å². The molecule has 6 aromatic heterocycles. The van der Waals surface area contributed by atoms with Gasteiger partial charge in [-0.1, -0.05) is 13.2 Å². The van der Waals surface area contributed by atoms with E-state index in [0.29, 0.717) is 77.5 Å². The monoisotopic (exact) mass is 1050 g/mol. The molecule has 0 radical (unpaired) electrons. The second-order valence-electron chi connectivity index (χ2n) is 17.0. The maximum Gasteiger partial charge on any atom is 0.295 e. The first-order valence-corrected chi connectivity index (χ1v) is 23.5. The number of pyridine rings is 2. The Morgan fingerprint density at radius 2 is 1.20 bits per heavy atom. The average Bonchev–Trinajstić information content (AvgIpc) is 4.02. The number of nitrogens with one attached hydrogen (secondary N) is 3. The normalized spacial score (nSPS) is 15.2. The minimum Gasteiger partial charge on any atom is -0.448 e. The molecule has 1 amide bonds. The number of nitrogens with zero attached hydrogens (tertiary/aromatic N) is 11. The molecule has 75 heavy (non-hydrogen) atoms. The minimum absolute atomic E-state index is 0.0878. The second-order valence-corrected chi connectivity index (χ2v) is 17.4. The average molecular weight is 1050 g/mol. The number of anilines is 4. The number of halogens is 5. The molecule has 2 aliphatic rings. The largest absolute Gasteiger partial charge is 0.448 e. The predicted molar refractivity (Wildman–Crippen MR) is 271 cm³/mol. The third kappa shape index (κ3) is 12.7. The molecule has 2 saturated heterocycles. The van der Waals surface area contributed by atoms with Gasteiger partial charge in [-0.3, -0.25) is 37.7 Å². The number of aryl methyl sites for hydroxylation is 2. The third-order valence-electron chi connectivity index (χ3n) is 11.7. The Labute approximate surface area is 428 Å². The lowest BCUT2D eigenvalue weighted by atomic mass is 10.0. The van der Waals surface area contributed by atoms with E-state index >= 15 is 0 Å². The zero-order valence-electron chi connectivity index (χ0n) is 40.2. The maximum absolute atomic E-state index is 14.3. The van der Waals surface area contributed by atoms with Crippen molar-refractivity contribution in [3.8, 4) is 23.0 Å². The van der Waals surface area contributed by atoms with Crippen LogP contribution in [0.3, 0.4) is 0 Å². The van der Waals surface area contributed by atoms with Gasteiger partial charge in [-0.15, -0.1) is 0 Å². The van der Waals surface area contributed by atoms with Crippen LogP contribution in [-0.2, 0) is 23.7 Å². The van der Waals surface area contributed by atoms with E-state index in [2.05, 4.69) is 59.2 Å². The summed E-state index contributed by atoms with van der Waals surface area (Å²) in [5.74, 6) is -3.83. The summed E-state index contributed by atoms with van der Waals surface area (Å²) in [6.45, 7) is 8.87. The number of hydrogen-bond donors (Lipinski definition) is 3. The fourth-order valence-corrected chi connectivity index (χ4v) is 8.26. The molecule has 2 fully saturated rings. The number of carbonyl (C=O) groups excluding carboxylic acids is 2. The van der Waals surface area contributed by atoms with Crippen LogP contribution in [0.15, 0.2) is 121 Å². The molecule has 0 unspecified atom stereocenters. The highest BCUT2D eigenvalue weighted by atomic mass is 35.5. The SMILES string of the molecule is C=CC(=O)Cl.C=CC(=O)N1CCC[C@@H](n2c(=O)c(Oc3ccc(F)cc3F)cc3cnc(Nc4cnn(C)c4)nc32)C1.Cn1cc(Nc2ncc3cc(Oc4ccc(F)cc4F)c(=O)n([C@@H]4CCCNC4)c3n2)cn1. The van der Waals surface area contributed by atoms with Crippen molar-refractivity contribution in [2.24, 2.45) is 14.1 Å². The predicted octanol–water partition coefficient (Wildman–Crippen LogP) is 7.89. The highest BCUT2D eigenvalue weighted by molar-refractivity contribution is 6.66. The fourth-order valence-electron chi connectivity index (χ4n) is 8.26. The molecule has 2 aromatic carbocycles. The molecule has 0 saturated carbocycles. The second kappa shape index (κ2) is 23.4. The number of piperidine rings is 2. The van der Waals surface area contributed by atoms with Gasteiger partial charge < -0.3 is 30.3 Å². The number of ether oxygens (including phenoxy) is 2. The Balaban J connectivity index is 0.000000184. The lowest BCUT2D eigenvalue weighted by molar-refractivity contribution is -0.127. The molecule has 10 rings (SSSR count). The third-order valence-corrected chi connectivity index (χ3v) is 11.8. The Bertz CT molecular complexity index is 3560. The maximum atomic E-state index is 14.3. The van der Waals surface area contributed by atoms with Crippen LogP contribution in [0.2, 0.25) is 0 Å². The topological polar surface area (TPSA) is 223 Å². The zero-order valence-corrected chi connectivity index (χ0v) is 41.0. The quantitative estimate of drug-likeness (QED) is 0.0601. The lowest BCUT2D eigenvalue weighted by Crippen LogP contribution is -2.42. The van der Waals surface area contributed by atoms with Crippen molar-refractivity contribution in [3.63, 3.8) is 0 Å². The van der Waals surface area contributed by atoms with Crippen LogP contribution in [0.1, 0.15) is 37.8 Å². The van der Waals surface area contributed by atoms with E-state index in [1.165, 1.54) is 29.0 Å². The number of hydrogen-bond acceptors (Lipinski definition) is 15. The van der Waals surface area contributed by atoms with Crippen molar-refractivity contribution in [1.29, 1.82) is 0 Å². The summed E-state index contributed by atoms with van der Waals surface area (Å²) in [5.41, 5.74) is 1.09. The molecule has 3 N–H and O–H groups in total. The van der Waals surface area contributed by atoms with E-state index in [-0.39, 0.29) is 47.4 Å². The van der Waals surface area contributed by atoms with Gasteiger partial charge in [0.05, 0.1) is 35.9 Å². The Morgan fingerprint density at radius 3 is 1.63 bits per heavy atom. The molecule has 0 spiro atoms. The number of aromatic nitrogens is 10.